The second-order valence-corrected chi connectivity index (χ2v) is 3.04. The summed E-state index contributed by atoms with van der Waals surface area (Å²) >= 11 is 0. The highest BCUT2D eigenvalue weighted by atomic mass is 14.5. The smallest absolute Gasteiger partial charge is 0.0178 e. The first-order chi connectivity index (χ1) is 6.35. The molecule has 0 unspecified atom stereocenters. The van der Waals surface area contributed by atoms with Crippen molar-refractivity contribution in [1.29, 1.82) is 0 Å². The topological polar surface area (TPSA) is 26.0 Å². The minimum atomic E-state index is 0.640. The molecule has 0 radical (unpaired) electrons. The fourth-order valence-corrected chi connectivity index (χ4v) is 0.968. The zero-order chi connectivity index (χ0) is 9.94. The van der Waals surface area contributed by atoms with E-state index in [4.69, 9.17) is 5.73 Å². The van der Waals surface area contributed by atoms with Crippen LogP contribution in [0.4, 0.5) is 0 Å². The van der Waals surface area contributed by atoms with Gasteiger partial charge in [-0.3, -0.25) is 0 Å². The quantitative estimate of drug-likeness (QED) is 0.756. The summed E-state index contributed by atoms with van der Waals surface area (Å²) in [5.41, 5.74) is 6.54. The molecular weight excluding hydrogens is 158 g/mol. The van der Waals surface area contributed by atoms with E-state index in [0.717, 1.165) is 0 Å². The average Bonchev–Trinajstić information content (AvgIpc) is 2.21. The normalized spacial score (nSPS) is 8.85. The molecule has 0 bridgehead atoms. The van der Waals surface area contributed by atoms with Gasteiger partial charge in [-0.05, 0) is 5.56 Å². The highest BCUT2D eigenvalue weighted by molar-refractivity contribution is 5.13. The van der Waals surface area contributed by atoms with Crippen LogP contribution in [-0.4, -0.2) is 0 Å². The second kappa shape index (κ2) is 9.27. The van der Waals surface area contributed by atoms with Crippen molar-refractivity contribution >= 4 is 0 Å². The Morgan fingerprint density at radius 3 is 1.77 bits per heavy atom. The standard InChI is InChI=1S/C7H9N.C5H12/c8-6-7-4-2-1-3-5-7;1-3-5-4-2/h1-5H,6,8H2;3-5H2,1-2H3. The molecule has 0 aromatic heterocycles. The summed E-state index contributed by atoms with van der Waals surface area (Å²) in [5, 5.41) is 0. The third-order valence-corrected chi connectivity index (χ3v) is 1.79. The van der Waals surface area contributed by atoms with Crippen molar-refractivity contribution in [3.63, 3.8) is 0 Å². The Bertz CT molecular complexity index is 180. The average molecular weight is 179 g/mol. The van der Waals surface area contributed by atoms with Crippen molar-refractivity contribution < 1.29 is 0 Å². The number of nitrogens with two attached hydrogens (primary N) is 1. The Balaban J connectivity index is 0.000000252. The minimum absolute atomic E-state index is 0.640. The summed E-state index contributed by atoms with van der Waals surface area (Å²) in [6.45, 7) is 5.06. The zero-order valence-corrected chi connectivity index (χ0v) is 8.79. The molecule has 0 saturated heterocycles. The highest BCUT2D eigenvalue weighted by Crippen LogP contribution is 1.94. The molecular formula is C12H21N. The summed E-state index contributed by atoms with van der Waals surface area (Å²) < 4.78 is 0. The Morgan fingerprint density at radius 1 is 1.00 bits per heavy atom. The van der Waals surface area contributed by atoms with Crippen LogP contribution in [0.2, 0.25) is 0 Å². The predicted octanol–water partition coefficient (Wildman–Crippen LogP) is 3.34. The molecule has 1 aromatic carbocycles. The van der Waals surface area contributed by atoms with E-state index < -0.39 is 0 Å². The van der Waals surface area contributed by atoms with Crippen LogP contribution in [0.3, 0.4) is 0 Å². The maximum atomic E-state index is 5.35. The fourth-order valence-electron chi connectivity index (χ4n) is 0.968. The van der Waals surface area contributed by atoms with E-state index in [1.54, 1.807) is 0 Å². The van der Waals surface area contributed by atoms with Gasteiger partial charge in [-0.15, -0.1) is 0 Å². The molecule has 1 heteroatoms. The molecule has 0 heterocycles. The number of unbranched alkanes of at least 4 members (excludes halogenated alkanes) is 2. The number of hydrogen-bond acceptors (Lipinski definition) is 1. The number of benzene rings is 1. The van der Waals surface area contributed by atoms with Crippen LogP contribution >= 0.6 is 0 Å². The molecule has 74 valence electrons. The molecule has 2 N–H and O–H groups in total. The Hall–Kier alpha value is -0.820. The van der Waals surface area contributed by atoms with Gasteiger partial charge in [0.2, 0.25) is 0 Å². The first-order valence-electron chi connectivity index (χ1n) is 5.09. The molecule has 0 aliphatic carbocycles. The Morgan fingerprint density at radius 2 is 1.54 bits per heavy atom. The van der Waals surface area contributed by atoms with Crippen LogP contribution < -0.4 is 5.73 Å². The minimum Gasteiger partial charge on any atom is -0.326 e. The van der Waals surface area contributed by atoms with Crippen LogP contribution in [0.5, 0.6) is 0 Å². The molecule has 13 heavy (non-hydrogen) atoms. The lowest BCUT2D eigenvalue weighted by molar-refractivity contribution is 0.772. The van der Waals surface area contributed by atoms with Crippen molar-refractivity contribution in [3.05, 3.63) is 35.9 Å². The second-order valence-electron chi connectivity index (χ2n) is 3.04. The Labute approximate surface area is 82.0 Å². The largest absolute Gasteiger partial charge is 0.326 e. The first kappa shape index (κ1) is 12.2. The van der Waals surface area contributed by atoms with Crippen molar-refractivity contribution in [2.24, 2.45) is 5.73 Å². The summed E-state index contributed by atoms with van der Waals surface area (Å²) in [5.74, 6) is 0. The summed E-state index contributed by atoms with van der Waals surface area (Å²) in [7, 11) is 0. The van der Waals surface area contributed by atoms with Gasteiger partial charge in [0, 0.05) is 6.54 Å². The van der Waals surface area contributed by atoms with Gasteiger partial charge in [-0.2, -0.15) is 0 Å². The van der Waals surface area contributed by atoms with Crippen molar-refractivity contribution in [2.45, 2.75) is 39.7 Å². The summed E-state index contributed by atoms with van der Waals surface area (Å²) in [6.07, 6.45) is 4.08. The van der Waals surface area contributed by atoms with Gasteiger partial charge in [0.15, 0.2) is 0 Å². The van der Waals surface area contributed by atoms with Crippen LogP contribution in [0, 0.1) is 0 Å². The maximum Gasteiger partial charge on any atom is 0.0178 e. The first-order valence-corrected chi connectivity index (χ1v) is 5.09. The van der Waals surface area contributed by atoms with Crippen molar-refractivity contribution in [3.8, 4) is 0 Å². The lowest BCUT2D eigenvalue weighted by atomic mass is 10.2. The van der Waals surface area contributed by atoms with Gasteiger partial charge < -0.3 is 5.73 Å². The van der Waals surface area contributed by atoms with Crippen LogP contribution in [-0.2, 0) is 6.54 Å². The van der Waals surface area contributed by atoms with E-state index in [1.165, 1.54) is 24.8 Å². The van der Waals surface area contributed by atoms with Gasteiger partial charge in [-0.1, -0.05) is 63.4 Å². The lowest BCUT2D eigenvalue weighted by Crippen LogP contribution is -1.94. The van der Waals surface area contributed by atoms with Crippen molar-refractivity contribution in [1.82, 2.24) is 0 Å². The molecule has 0 aliphatic heterocycles. The number of rotatable bonds is 3. The predicted molar refractivity (Wildman–Crippen MR) is 59.5 cm³/mol. The molecule has 0 atom stereocenters. The van der Waals surface area contributed by atoms with Crippen molar-refractivity contribution in [2.75, 3.05) is 0 Å². The molecule has 0 aliphatic rings. The van der Waals surface area contributed by atoms with E-state index in [1.807, 2.05) is 30.3 Å². The van der Waals surface area contributed by atoms with Gasteiger partial charge in [0.1, 0.15) is 0 Å². The molecule has 0 amide bonds. The van der Waals surface area contributed by atoms with Gasteiger partial charge in [0.25, 0.3) is 0 Å². The molecule has 0 saturated carbocycles. The molecule has 1 aromatic rings. The van der Waals surface area contributed by atoms with Gasteiger partial charge in [0.05, 0.1) is 0 Å². The van der Waals surface area contributed by atoms with Crippen LogP contribution in [0.15, 0.2) is 30.3 Å². The Kier molecular flexibility index (Phi) is 8.68. The van der Waals surface area contributed by atoms with E-state index in [-0.39, 0.29) is 0 Å². The summed E-state index contributed by atoms with van der Waals surface area (Å²) in [4.78, 5) is 0. The maximum absolute atomic E-state index is 5.35. The van der Waals surface area contributed by atoms with Crippen LogP contribution in [0.1, 0.15) is 38.7 Å². The third kappa shape index (κ3) is 7.54. The summed E-state index contributed by atoms with van der Waals surface area (Å²) in [6, 6.07) is 9.99. The number of hydrogen-bond donors (Lipinski definition) is 1. The van der Waals surface area contributed by atoms with Gasteiger partial charge in [-0.25, -0.2) is 0 Å². The molecule has 0 fully saturated rings. The van der Waals surface area contributed by atoms with E-state index >= 15 is 0 Å². The monoisotopic (exact) mass is 179 g/mol. The fraction of sp³-hybridized carbons (Fsp3) is 0.500. The van der Waals surface area contributed by atoms with Crippen LogP contribution in [0.25, 0.3) is 0 Å². The van der Waals surface area contributed by atoms with E-state index in [9.17, 15) is 0 Å². The molecule has 0 spiro atoms. The third-order valence-electron chi connectivity index (χ3n) is 1.79. The molecule has 1 rings (SSSR count). The van der Waals surface area contributed by atoms with E-state index in [0.29, 0.717) is 6.54 Å². The molecule has 1 nitrogen and oxygen atoms in total. The lowest BCUT2D eigenvalue weighted by Gasteiger charge is -1.90. The van der Waals surface area contributed by atoms with E-state index in [2.05, 4.69) is 13.8 Å². The highest BCUT2D eigenvalue weighted by Gasteiger charge is 1.80. The van der Waals surface area contributed by atoms with Gasteiger partial charge >= 0.3 is 0 Å². The SMILES string of the molecule is CCCCC.NCc1ccccc1. The zero-order valence-electron chi connectivity index (χ0n) is 8.79.